The molecule has 0 aromatic heterocycles. The third-order valence-corrected chi connectivity index (χ3v) is 2.08. The van der Waals surface area contributed by atoms with Gasteiger partial charge in [0.25, 0.3) is 0 Å². The zero-order valence-electron chi connectivity index (χ0n) is 8.00. The average Bonchev–Trinajstić information content (AvgIpc) is 2.21. The Bertz CT molecular complexity index is 273. The third-order valence-electron chi connectivity index (χ3n) is 1.61. The van der Waals surface area contributed by atoms with Gasteiger partial charge in [0, 0.05) is 0 Å². The van der Waals surface area contributed by atoms with E-state index in [2.05, 4.69) is 4.52 Å². The number of aliphatic hydroxyl groups excluding tert-OH is 4. The van der Waals surface area contributed by atoms with Gasteiger partial charge in [-0.3, -0.25) is 9.32 Å². The summed E-state index contributed by atoms with van der Waals surface area (Å²) in [6.07, 6.45) is -5.81. The lowest BCUT2D eigenvalue weighted by Crippen LogP contribution is -2.45. The van der Waals surface area contributed by atoms with Crippen molar-refractivity contribution in [3.05, 3.63) is 0 Å². The normalized spacial score (nSPS) is 17.9. The Morgan fingerprint density at radius 3 is 2.12 bits per heavy atom. The number of carbonyl (C=O) groups is 1. The van der Waals surface area contributed by atoms with E-state index in [1.54, 1.807) is 0 Å². The van der Waals surface area contributed by atoms with Crippen molar-refractivity contribution in [2.45, 2.75) is 18.3 Å². The second kappa shape index (κ2) is 6.38. The van der Waals surface area contributed by atoms with Gasteiger partial charge >= 0.3 is 7.82 Å². The minimum Gasteiger partial charge on any atom is -0.394 e. The molecule has 0 saturated carbocycles. The van der Waals surface area contributed by atoms with Gasteiger partial charge in [0.1, 0.15) is 24.9 Å². The van der Waals surface area contributed by atoms with E-state index in [4.69, 9.17) is 30.2 Å². The molecule has 0 aromatic carbocycles. The van der Waals surface area contributed by atoms with Crippen LogP contribution in [-0.4, -0.2) is 67.5 Å². The maximum absolute atomic E-state index is 11.0. The van der Waals surface area contributed by atoms with Crippen molar-refractivity contribution in [3.8, 4) is 0 Å². The largest absolute Gasteiger partial charge is 0.470 e. The predicted molar refractivity (Wildman–Crippen MR) is 48.1 cm³/mol. The monoisotopic (exact) mass is 260 g/mol. The van der Waals surface area contributed by atoms with Crippen LogP contribution in [0.2, 0.25) is 0 Å². The van der Waals surface area contributed by atoms with Gasteiger partial charge in [-0.25, -0.2) is 4.57 Å². The highest BCUT2D eigenvalue weighted by atomic mass is 31.2. The summed E-state index contributed by atoms with van der Waals surface area (Å²) in [6, 6.07) is 0. The van der Waals surface area contributed by atoms with Crippen LogP contribution in [0.1, 0.15) is 0 Å². The molecule has 9 nitrogen and oxygen atoms in total. The molecule has 0 amide bonds. The predicted octanol–water partition coefficient (Wildman–Crippen LogP) is -3.26. The van der Waals surface area contributed by atoms with E-state index in [9.17, 15) is 9.36 Å². The van der Waals surface area contributed by atoms with E-state index in [0.29, 0.717) is 0 Å². The van der Waals surface area contributed by atoms with Gasteiger partial charge in [-0.15, -0.1) is 0 Å². The average molecular weight is 260 g/mol. The lowest BCUT2D eigenvalue weighted by atomic mass is 10.1. The fraction of sp³-hybridized carbons (Fsp3) is 0.833. The second-order valence-electron chi connectivity index (χ2n) is 2.92. The molecule has 6 N–H and O–H groups in total. The van der Waals surface area contributed by atoms with Gasteiger partial charge in [-0.1, -0.05) is 0 Å². The van der Waals surface area contributed by atoms with E-state index in [1.807, 2.05) is 0 Å². The Kier molecular flexibility index (Phi) is 6.23. The number of ketones is 1. The van der Waals surface area contributed by atoms with Crippen LogP contribution in [-0.2, 0) is 13.9 Å². The van der Waals surface area contributed by atoms with Crippen molar-refractivity contribution in [3.63, 3.8) is 0 Å². The zero-order valence-corrected chi connectivity index (χ0v) is 8.90. The number of hydrogen-bond donors (Lipinski definition) is 6. The quantitative estimate of drug-likeness (QED) is 0.258. The van der Waals surface area contributed by atoms with Gasteiger partial charge in [0.2, 0.25) is 0 Å². The smallest absolute Gasteiger partial charge is 0.394 e. The molecule has 0 saturated heterocycles. The van der Waals surface area contributed by atoms with Gasteiger partial charge in [0.15, 0.2) is 5.78 Å². The number of hydrogen-bond acceptors (Lipinski definition) is 7. The first kappa shape index (κ1) is 15.6. The maximum atomic E-state index is 11.0. The van der Waals surface area contributed by atoms with Crippen LogP contribution >= 0.6 is 7.82 Å². The van der Waals surface area contributed by atoms with Crippen LogP contribution < -0.4 is 0 Å². The SMILES string of the molecule is O=C(COP(=O)(O)O)C(O)C(O)C(O)CO. The van der Waals surface area contributed by atoms with Crippen LogP contribution in [0.5, 0.6) is 0 Å². The third kappa shape index (κ3) is 5.64. The van der Waals surface area contributed by atoms with E-state index < -0.39 is 45.1 Å². The first-order valence-electron chi connectivity index (χ1n) is 4.07. The van der Waals surface area contributed by atoms with E-state index in [-0.39, 0.29) is 0 Å². The van der Waals surface area contributed by atoms with E-state index >= 15 is 0 Å². The second-order valence-corrected chi connectivity index (χ2v) is 4.16. The van der Waals surface area contributed by atoms with Crippen molar-refractivity contribution < 1.29 is 44.1 Å². The van der Waals surface area contributed by atoms with Crippen molar-refractivity contribution in [2.24, 2.45) is 0 Å². The molecule has 0 aliphatic heterocycles. The highest BCUT2D eigenvalue weighted by molar-refractivity contribution is 7.46. The molecule has 0 aromatic rings. The lowest BCUT2D eigenvalue weighted by Gasteiger charge is -2.20. The summed E-state index contributed by atoms with van der Waals surface area (Å²) in [7, 11) is -4.85. The standard InChI is InChI=1S/C6H13O9P/c7-1-3(8)5(10)6(11)4(9)2-15-16(12,13)14/h3,5-8,10-11H,1-2H2,(H2,12,13,14). The molecule has 16 heavy (non-hydrogen) atoms. The van der Waals surface area contributed by atoms with Crippen LogP contribution in [0, 0.1) is 0 Å². The highest BCUT2D eigenvalue weighted by Crippen LogP contribution is 2.35. The first-order valence-corrected chi connectivity index (χ1v) is 5.60. The summed E-state index contributed by atoms with van der Waals surface area (Å²) in [5.74, 6) is -1.23. The van der Waals surface area contributed by atoms with Crippen molar-refractivity contribution in [1.82, 2.24) is 0 Å². The minimum atomic E-state index is -4.85. The lowest BCUT2D eigenvalue weighted by molar-refractivity contribution is -0.142. The molecular formula is C6H13O9P. The molecule has 3 unspecified atom stereocenters. The summed E-state index contributed by atoms with van der Waals surface area (Å²) in [6.45, 7) is -2.01. The van der Waals surface area contributed by atoms with Crippen LogP contribution in [0.25, 0.3) is 0 Å². The zero-order chi connectivity index (χ0) is 12.9. The molecule has 0 fully saturated rings. The first-order chi connectivity index (χ1) is 7.19. The fourth-order valence-electron chi connectivity index (χ4n) is 0.742. The Balaban J connectivity index is 4.23. The molecule has 3 atom stereocenters. The van der Waals surface area contributed by atoms with Gasteiger partial charge in [-0.05, 0) is 0 Å². The maximum Gasteiger partial charge on any atom is 0.470 e. The molecule has 0 heterocycles. The van der Waals surface area contributed by atoms with E-state index in [1.165, 1.54) is 0 Å². The minimum absolute atomic E-state index is 0.884. The number of phosphoric ester groups is 1. The molecular weight excluding hydrogens is 247 g/mol. The Labute approximate surface area is 90.2 Å². The Morgan fingerprint density at radius 1 is 1.25 bits per heavy atom. The van der Waals surface area contributed by atoms with Crippen LogP contribution in [0.15, 0.2) is 0 Å². The van der Waals surface area contributed by atoms with Gasteiger partial charge in [-0.2, -0.15) is 0 Å². The fourth-order valence-corrected chi connectivity index (χ4v) is 1.04. The number of phosphoric acid groups is 1. The summed E-state index contributed by atoms with van der Waals surface area (Å²) >= 11 is 0. The molecule has 0 aliphatic carbocycles. The molecule has 0 aliphatic rings. The van der Waals surface area contributed by atoms with Crippen LogP contribution in [0.3, 0.4) is 0 Å². The highest BCUT2D eigenvalue weighted by Gasteiger charge is 2.31. The molecule has 0 radical (unpaired) electrons. The molecule has 0 rings (SSSR count). The number of aliphatic hydroxyl groups is 4. The molecule has 10 heteroatoms. The van der Waals surface area contributed by atoms with Gasteiger partial charge < -0.3 is 30.2 Å². The van der Waals surface area contributed by atoms with Crippen molar-refractivity contribution >= 4 is 13.6 Å². The number of carbonyl (C=O) groups excluding carboxylic acids is 1. The van der Waals surface area contributed by atoms with Crippen molar-refractivity contribution in [1.29, 1.82) is 0 Å². The molecule has 0 spiro atoms. The summed E-state index contributed by atoms with van der Waals surface area (Å²) in [5, 5.41) is 35.4. The Hall–Kier alpha value is -0.380. The summed E-state index contributed by atoms with van der Waals surface area (Å²) in [4.78, 5) is 27.5. The topological polar surface area (TPSA) is 165 Å². The number of Topliss-reactive ketones (excluding diaryl/α,β-unsaturated/α-hetero) is 1. The Morgan fingerprint density at radius 2 is 1.75 bits per heavy atom. The summed E-state index contributed by atoms with van der Waals surface area (Å²) in [5.41, 5.74) is 0. The van der Waals surface area contributed by atoms with Gasteiger partial charge in [0.05, 0.1) is 6.61 Å². The van der Waals surface area contributed by atoms with Crippen molar-refractivity contribution in [2.75, 3.05) is 13.2 Å². The molecule has 96 valence electrons. The molecule has 0 bridgehead atoms. The van der Waals surface area contributed by atoms with E-state index in [0.717, 1.165) is 0 Å². The summed E-state index contributed by atoms with van der Waals surface area (Å²) < 4.78 is 14.0. The number of rotatable bonds is 7. The van der Waals surface area contributed by atoms with Crippen LogP contribution in [0.4, 0.5) is 0 Å².